The lowest BCUT2D eigenvalue weighted by Gasteiger charge is -2.28. The Balaban J connectivity index is 0.000000241. The van der Waals surface area contributed by atoms with Crippen molar-refractivity contribution < 1.29 is 38.4 Å². The van der Waals surface area contributed by atoms with Crippen LogP contribution in [0.3, 0.4) is 0 Å². The summed E-state index contributed by atoms with van der Waals surface area (Å²) in [6.07, 6.45) is 3.55. The lowest BCUT2D eigenvalue weighted by molar-refractivity contribution is -0.154. The number of halogens is 4. The molecule has 0 bridgehead atoms. The summed E-state index contributed by atoms with van der Waals surface area (Å²) in [5.41, 5.74) is -0.215. The molecular formula is C44H48Cl2F2N8O8. The number of nitrogens with zero attached hydrogens (tertiary/aromatic N) is 8. The summed E-state index contributed by atoms with van der Waals surface area (Å²) in [6, 6.07) is 5.24. The smallest absolute Gasteiger partial charge is 0.357 e. The number of aliphatic carboxylic acids is 1. The van der Waals surface area contributed by atoms with Crippen LogP contribution >= 0.6 is 23.2 Å². The number of carbonyl (C=O) groups is 2. The summed E-state index contributed by atoms with van der Waals surface area (Å²) in [5, 5.41) is 29.0. The molecule has 1 unspecified atom stereocenters. The van der Waals surface area contributed by atoms with Gasteiger partial charge in [0.1, 0.15) is 5.60 Å². The molecule has 340 valence electrons. The van der Waals surface area contributed by atoms with Gasteiger partial charge in [-0.1, -0.05) is 71.7 Å². The van der Waals surface area contributed by atoms with Crippen LogP contribution in [0.4, 0.5) is 8.78 Å². The van der Waals surface area contributed by atoms with Crippen LogP contribution in [-0.4, -0.2) is 71.9 Å². The quantitative estimate of drug-likeness (QED) is 0.0871. The monoisotopic (exact) mass is 924 g/mol. The second kappa shape index (κ2) is 18.9. The van der Waals surface area contributed by atoms with Crippen LogP contribution in [0.2, 0.25) is 10.3 Å². The molecule has 0 saturated heterocycles. The van der Waals surface area contributed by atoms with Gasteiger partial charge in [0.05, 0.1) is 39.5 Å². The van der Waals surface area contributed by atoms with Gasteiger partial charge in [-0.25, -0.2) is 37.5 Å². The number of carboxylic acids is 1. The third-order valence-corrected chi connectivity index (χ3v) is 10.4. The molecule has 0 fully saturated rings. The van der Waals surface area contributed by atoms with Crippen molar-refractivity contribution in [3.63, 3.8) is 0 Å². The molecular weight excluding hydrogens is 877 g/mol. The van der Waals surface area contributed by atoms with Crippen LogP contribution in [0.5, 0.6) is 11.8 Å². The highest BCUT2D eigenvalue weighted by Gasteiger charge is 2.33. The molecule has 0 amide bonds. The molecule has 6 aromatic rings. The first-order chi connectivity index (χ1) is 29.7. The maximum atomic E-state index is 14.0. The van der Waals surface area contributed by atoms with Crippen molar-refractivity contribution in [1.29, 1.82) is 0 Å². The molecule has 64 heavy (non-hydrogen) atoms. The largest absolute Gasteiger partial charge is 0.493 e. The van der Waals surface area contributed by atoms with E-state index in [0.717, 1.165) is 21.3 Å². The van der Waals surface area contributed by atoms with Crippen molar-refractivity contribution in [1.82, 2.24) is 39.0 Å². The zero-order valence-corrected chi connectivity index (χ0v) is 38.3. The Bertz CT molecular complexity index is 2910. The van der Waals surface area contributed by atoms with Crippen molar-refractivity contribution in [2.45, 2.75) is 106 Å². The standard InChI is InChI=1S/2C22H24ClFN4O4/c1-10(2)15-16(11(6-7-25-15)8-13(20(30)31)22(3,4)5)28-18-12(19(29)27-21(28)32)9-14(24)17(23)26-18;1-11(2)16-17(12(8-9-25-16)6-7-15(29)32-22(3,4)5)28-19-13(20(30)27-21(28)31)10-14(24)18(23)26-19/h6-7,9-10,13H,8H2,1-5H3,(H,30,31)(H,27,29,32);8-11H,6-7H2,1-5H3,(H,27,30,31). The van der Waals surface area contributed by atoms with Gasteiger partial charge in [-0.3, -0.25) is 19.6 Å². The van der Waals surface area contributed by atoms with E-state index in [-0.39, 0.29) is 53.2 Å². The lowest BCUT2D eigenvalue weighted by atomic mass is 9.77. The van der Waals surface area contributed by atoms with Crippen LogP contribution < -0.4 is 11.4 Å². The van der Waals surface area contributed by atoms with Crippen molar-refractivity contribution >= 4 is 57.2 Å². The van der Waals surface area contributed by atoms with Crippen LogP contribution in [0, 0.1) is 23.0 Å². The normalized spacial score (nSPS) is 12.4. The molecule has 3 N–H and O–H groups in total. The molecule has 1 atom stereocenters. The van der Waals surface area contributed by atoms with E-state index in [4.69, 9.17) is 27.9 Å². The Hall–Kier alpha value is -6.14. The molecule has 6 rings (SSSR count). The molecule has 0 saturated carbocycles. The van der Waals surface area contributed by atoms with Gasteiger partial charge in [0, 0.05) is 18.8 Å². The number of aromatic nitrogens is 8. The molecule has 6 heterocycles. The molecule has 0 aliphatic rings. The van der Waals surface area contributed by atoms with E-state index in [1.54, 1.807) is 45.3 Å². The number of rotatable bonds is 10. The number of esters is 1. The van der Waals surface area contributed by atoms with Gasteiger partial charge in [-0.05, 0) is 86.3 Å². The molecule has 0 radical (unpaired) electrons. The van der Waals surface area contributed by atoms with Crippen molar-refractivity contribution in [2.75, 3.05) is 0 Å². The Kier molecular flexibility index (Phi) is 14.4. The van der Waals surface area contributed by atoms with E-state index >= 15 is 0 Å². The highest BCUT2D eigenvalue weighted by Crippen LogP contribution is 2.35. The Morgan fingerprint density at radius 1 is 0.734 bits per heavy atom. The fourth-order valence-corrected chi connectivity index (χ4v) is 7.21. The number of pyridine rings is 4. The van der Waals surface area contributed by atoms with E-state index in [1.165, 1.54) is 0 Å². The van der Waals surface area contributed by atoms with Gasteiger partial charge in [-0.15, -0.1) is 0 Å². The Morgan fingerprint density at radius 2 is 1.16 bits per heavy atom. The fourth-order valence-electron chi connectivity index (χ4n) is 6.94. The van der Waals surface area contributed by atoms with Gasteiger partial charge >= 0.3 is 23.3 Å². The molecule has 0 aromatic carbocycles. The molecule has 0 aliphatic carbocycles. The lowest BCUT2D eigenvalue weighted by Crippen LogP contribution is -2.32. The molecule has 6 aromatic heterocycles. The van der Waals surface area contributed by atoms with Crippen LogP contribution in [-0.2, 0) is 27.2 Å². The second-order valence-electron chi connectivity index (χ2n) is 17.6. The minimum Gasteiger partial charge on any atom is -0.493 e. The average molecular weight is 926 g/mol. The minimum atomic E-state index is -0.976. The maximum Gasteiger partial charge on any atom is 0.357 e. The summed E-state index contributed by atoms with van der Waals surface area (Å²) in [4.78, 5) is 74.2. The SMILES string of the molecule is CC(C)c1nccc(CC(C(=O)O)C(C)(C)C)c1-n1c(=O)nc(O)c2cc(F)c(Cl)nc21.CC(C)c1nccc(CCC(=O)OC(C)(C)C)c1-n1c(=O)nc(O)c2cc(F)c(Cl)nc21. The first-order valence-corrected chi connectivity index (χ1v) is 20.8. The number of hydrogen-bond donors (Lipinski definition) is 3. The van der Waals surface area contributed by atoms with Gasteiger partial charge in [0.2, 0.25) is 11.8 Å². The predicted octanol–water partition coefficient (Wildman–Crippen LogP) is 8.16. The number of hydrogen-bond acceptors (Lipinski definition) is 13. The van der Waals surface area contributed by atoms with Gasteiger partial charge in [0.25, 0.3) is 0 Å². The first-order valence-electron chi connectivity index (χ1n) is 20.1. The third kappa shape index (κ3) is 10.6. The first kappa shape index (κ1) is 48.9. The van der Waals surface area contributed by atoms with Gasteiger partial charge in [0.15, 0.2) is 33.2 Å². The number of aromatic hydroxyl groups is 2. The van der Waals surface area contributed by atoms with Gasteiger partial charge in [-0.2, -0.15) is 9.97 Å². The molecule has 16 nitrogen and oxygen atoms in total. The van der Waals surface area contributed by atoms with E-state index in [9.17, 15) is 43.3 Å². The van der Waals surface area contributed by atoms with Crippen molar-refractivity contribution in [2.24, 2.45) is 11.3 Å². The number of carbonyl (C=O) groups excluding carboxylic acids is 1. The Labute approximate surface area is 376 Å². The zero-order chi connectivity index (χ0) is 47.7. The van der Waals surface area contributed by atoms with Crippen molar-refractivity contribution in [3.8, 4) is 23.1 Å². The average Bonchev–Trinajstić information content (AvgIpc) is 3.17. The summed E-state index contributed by atoms with van der Waals surface area (Å²) in [7, 11) is 0. The Morgan fingerprint density at radius 3 is 1.55 bits per heavy atom. The maximum absolute atomic E-state index is 14.0. The predicted molar refractivity (Wildman–Crippen MR) is 236 cm³/mol. The topological polar surface area (TPSA) is 225 Å². The van der Waals surface area contributed by atoms with E-state index in [2.05, 4.69) is 29.9 Å². The summed E-state index contributed by atoms with van der Waals surface area (Å²) >= 11 is 11.8. The van der Waals surface area contributed by atoms with E-state index in [0.29, 0.717) is 33.9 Å². The second-order valence-corrected chi connectivity index (χ2v) is 18.4. The highest BCUT2D eigenvalue weighted by molar-refractivity contribution is 6.30. The van der Waals surface area contributed by atoms with E-state index < -0.39 is 74.0 Å². The minimum absolute atomic E-state index is 0.0623. The highest BCUT2D eigenvalue weighted by atomic mass is 35.5. The van der Waals surface area contributed by atoms with Crippen LogP contribution in [0.15, 0.2) is 46.2 Å². The molecule has 20 heteroatoms. The molecule has 0 aliphatic heterocycles. The third-order valence-electron chi connectivity index (χ3n) is 9.92. The molecule has 0 spiro atoms. The number of ether oxygens (including phenoxy) is 1. The number of aryl methyl sites for hydroxylation is 1. The number of carboxylic acid groups (broad SMARTS) is 1. The summed E-state index contributed by atoms with van der Waals surface area (Å²) < 4.78 is 35.7. The zero-order valence-electron chi connectivity index (χ0n) is 36.8. The fraction of sp³-hybridized carbons (Fsp3) is 0.409. The van der Waals surface area contributed by atoms with Gasteiger partial charge < -0.3 is 20.1 Å². The number of fused-ring (bicyclic) bond motifs is 2. The van der Waals surface area contributed by atoms with Crippen molar-refractivity contribution in [3.05, 3.63) is 102 Å². The van der Waals surface area contributed by atoms with Crippen LogP contribution in [0.1, 0.15) is 110 Å². The summed E-state index contributed by atoms with van der Waals surface area (Å²) in [5.74, 6) is -5.49. The summed E-state index contributed by atoms with van der Waals surface area (Å²) in [6.45, 7) is 18.3. The van der Waals surface area contributed by atoms with Crippen LogP contribution in [0.25, 0.3) is 33.4 Å². The van der Waals surface area contributed by atoms with E-state index in [1.807, 2.05) is 48.5 Å².